The second-order valence-electron chi connectivity index (χ2n) is 5.41. The third-order valence-electron chi connectivity index (χ3n) is 3.85. The van der Waals surface area contributed by atoms with Gasteiger partial charge < -0.3 is 5.32 Å². The molecule has 0 fully saturated rings. The molecular weight excluding hydrogens is 372 g/mol. The van der Waals surface area contributed by atoms with Gasteiger partial charge in [0.05, 0.1) is 11.4 Å². The summed E-state index contributed by atoms with van der Waals surface area (Å²) < 4.78 is 52.0. The normalized spacial score (nSPS) is 16.4. The van der Waals surface area contributed by atoms with Crippen molar-refractivity contribution in [2.75, 3.05) is 28.7 Å². The van der Waals surface area contributed by atoms with Gasteiger partial charge in [0, 0.05) is 6.54 Å². The number of benzene rings is 2. The van der Waals surface area contributed by atoms with Gasteiger partial charge in [-0.05, 0) is 55.2 Å². The number of anilines is 3. The van der Waals surface area contributed by atoms with Gasteiger partial charge in [-0.15, -0.1) is 12.4 Å². The smallest absolute Gasteiger partial charge is 0.184 e. The highest BCUT2D eigenvalue weighted by molar-refractivity contribution is 8.27. The lowest BCUT2D eigenvalue weighted by Gasteiger charge is -2.43. The summed E-state index contributed by atoms with van der Waals surface area (Å²) in [6.07, 6.45) is 0.667. The Hall–Kier alpha value is -1.58. The van der Waals surface area contributed by atoms with E-state index in [9.17, 15) is 17.9 Å². The van der Waals surface area contributed by atoms with Crippen LogP contribution in [0, 0.1) is 11.6 Å². The lowest BCUT2D eigenvalue weighted by molar-refractivity contribution is 0.479. The van der Waals surface area contributed by atoms with Crippen LogP contribution in [0.15, 0.2) is 42.5 Å². The first-order valence-electron chi connectivity index (χ1n) is 7.52. The second kappa shape index (κ2) is 7.76. The van der Waals surface area contributed by atoms with Crippen LogP contribution in [0.3, 0.4) is 0 Å². The van der Waals surface area contributed by atoms with Crippen LogP contribution in [0.1, 0.15) is 6.42 Å². The van der Waals surface area contributed by atoms with Gasteiger partial charge in [-0.2, -0.15) is 0 Å². The van der Waals surface area contributed by atoms with E-state index in [4.69, 9.17) is 0 Å². The van der Waals surface area contributed by atoms with Gasteiger partial charge >= 0.3 is 0 Å². The molecule has 5 nitrogen and oxygen atoms in total. The molecule has 2 aromatic rings. The van der Waals surface area contributed by atoms with E-state index in [1.165, 1.54) is 16.4 Å². The highest BCUT2D eigenvalue weighted by Crippen LogP contribution is 2.64. The van der Waals surface area contributed by atoms with E-state index in [0.29, 0.717) is 30.9 Å². The van der Waals surface area contributed by atoms with Crippen molar-refractivity contribution in [2.24, 2.45) is 0 Å². The van der Waals surface area contributed by atoms with E-state index in [1.807, 2.05) is 7.05 Å². The molecule has 0 atom stereocenters. The third kappa shape index (κ3) is 3.40. The van der Waals surface area contributed by atoms with Crippen LogP contribution in [0.5, 0.6) is 0 Å². The van der Waals surface area contributed by atoms with E-state index in [0.717, 1.165) is 10.4 Å². The van der Waals surface area contributed by atoms with E-state index in [-0.39, 0.29) is 18.1 Å². The summed E-state index contributed by atoms with van der Waals surface area (Å²) in [6, 6.07) is 10.6. The van der Waals surface area contributed by atoms with Crippen LogP contribution < -0.4 is 13.9 Å². The first kappa shape index (κ1) is 19.7. The first-order valence-corrected chi connectivity index (χ1v) is 8.98. The van der Waals surface area contributed by atoms with Crippen molar-refractivity contribution >= 4 is 40.4 Å². The molecular formula is C16H20ClF2N3O2S. The highest BCUT2D eigenvalue weighted by Gasteiger charge is 2.42. The Balaban J connectivity index is 0.00000225. The molecule has 0 saturated heterocycles. The summed E-state index contributed by atoms with van der Waals surface area (Å²) in [4.78, 5) is 0. The topological polar surface area (TPSA) is 59.0 Å². The van der Waals surface area contributed by atoms with E-state index >= 15 is 0 Å². The van der Waals surface area contributed by atoms with Gasteiger partial charge in [0.15, 0.2) is 11.6 Å². The molecule has 1 aliphatic heterocycles. The molecule has 0 bridgehead atoms. The molecule has 0 saturated carbocycles. The summed E-state index contributed by atoms with van der Waals surface area (Å²) in [5, 5.41) is 3.00. The van der Waals surface area contributed by atoms with Gasteiger partial charge in [-0.3, -0.25) is 13.4 Å². The molecule has 0 radical (unpaired) electrons. The standard InChI is InChI=1S/C16H19F2N3O2S.ClH/c1-19-10-5-11-20-13-7-2-3-8-14(13)21(24(20,22)23)15-9-4-6-12(17)16(15)18;/h2-4,6-9,19,22-23H,5,10-11H2,1H3;1H. The number of rotatable bonds is 5. The Labute approximate surface area is 153 Å². The van der Waals surface area contributed by atoms with Gasteiger partial charge in [-0.1, -0.05) is 18.2 Å². The quantitative estimate of drug-likeness (QED) is 0.653. The predicted octanol–water partition coefficient (Wildman–Crippen LogP) is 4.53. The van der Waals surface area contributed by atoms with Gasteiger partial charge in [0.2, 0.25) is 0 Å². The van der Waals surface area contributed by atoms with Crippen LogP contribution in [0.2, 0.25) is 0 Å². The fourth-order valence-electron chi connectivity index (χ4n) is 2.76. The van der Waals surface area contributed by atoms with Crippen LogP contribution in [-0.4, -0.2) is 29.2 Å². The number of halogens is 3. The molecule has 0 amide bonds. The maximum atomic E-state index is 14.3. The minimum Gasteiger partial charge on any atom is -0.320 e. The van der Waals surface area contributed by atoms with Crippen LogP contribution in [0.25, 0.3) is 0 Å². The van der Waals surface area contributed by atoms with Crippen molar-refractivity contribution < 1.29 is 17.9 Å². The average molecular weight is 392 g/mol. The molecule has 0 unspecified atom stereocenters. The minimum atomic E-state index is -3.53. The fourth-order valence-corrected chi connectivity index (χ4v) is 4.58. The van der Waals surface area contributed by atoms with Crippen LogP contribution >= 0.6 is 23.4 Å². The van der Waals surface area contributed by atoms with Crippen molar-refractivity contribution in [2.45, 2.75) is 6.42 Å². The van der Waals surface area contributed by atoms with Crippen LogP contribution in [-0.2, 0) is 0 Å². The molecule has 2 aromatic carbocycles. The molecule has 0 aliphatic carbocycles. The average Bonchev–Trinajstić information content (AvgIpc) is 2.78. The second-order valence-corrected chi connectivity index (χ2v) is 7.19. The predicted molar refractivity (Wildman–Crippen MR) is 101 cm³/mol. The lowest BCUT2D eigenvalue weighted by atomic mass is 10.2. The third-order valence-corrected chi connectivity index (χ3v) is 5.70. The Morgan fingerprint density at radius 3 is 2.32 bits per heavy atom. The zero-order valence-electron chi connectivity index (χ0n) is 13.5. The number of hydrogen-bond donors (Lipinski definition) is 3. The SMILES string of the molecule is CNCCCN1c2ccccc2N(c2cccc(F)c2F)S1(O)O.Cl. The Kier molecular flexibility index (Phi) is 6.12. The van der Waals surface area contributed by atoms with Crippen molar-refractivity contribution in [3.05, 3.63) is 54.1 Å². The Morgan fingerprint density at radius 2 is 1.64 bits per heavy atom. The largest absolute Gasteiger partial charge is 0.320 e. The molecule has 3 N–H and O–H groups in total. The molecule has 138 valence electrons. The molecule has 25 heavy (non-hydrogen) atoms. The molecule has 0 spiro atoms. The van der Waals surface area contributed by atoms with Crippen LogP contribution in [0.4, 0.5) is 25.8 Å². The zero-order chi connectivity index (χ0) is 17.3. The summed E-state index contributed by atoms with van der Waals surface area (Å²) in [5.41, 5.74) is 0.822. The summed E-state index contributed by atoms with van der Waals surface area (Å²) in [7, 11) is -1.72. The highest BCUT2D eigenvalue weighted by atomic mass is 35.5. The monoisotopic (exact) mass is 391 g/mol. The molecule has 1 aliphatic rings. The first-order chi connectivity index (χ1) is 11.5. The number of para-hydroxylation sites is 2. The molecule has 1 heterocycles. The van der Waals surface area contributed by atoms with Crippen molar-refractivity contribution in [1.29, 1.82) is 0 Å². The van der Waals surface area contributed by atoms with E-state index in [1.54, 1.807) is 24.3 Å². The van der Waals surface area contributed by atoms with Gasteiger partial charge in [0.25, 0.3) is 0 Å². The Bertz CT molecular complexity index is 751. The lowest BCUT2D eigenvalue weighted by Crippen LogP contribution is -2.33. The number of fused-ring (bicyclic) bond motifs is 1. The van der Waals surface area contributed by atoms with Crippen molar-refractivity contribution in [1.82, 2.24) is 5.32 Å². The summed E-state index contributed by atoms with van der Waals surface area (Å²) in [5.74, 6) is -2.14. The number of nitrogens with zero attached hydrogens (tertiary/aromatic N) is 2. The molecule has 0 aromatic heterocycles. The minimum absolute atomic E-state index is 0. The van der Waals surface area contributed by atoms with Gasteiger partial charge in [0.1, 0.15) is 5.69 Å². The summed E-state index contributed by atoms with van der Waals surface area (Å²) >= 11 is 0. The van der Waals surface area contributed by atoms with Crippen molar-refractivity contribution in [3.8, 4) is 0 Å². The van der Waals surface area contributed by atoms with E-state index in [2.05, 4.69) is 5.32 Å². The number of hydrogen-bond acceptors (Lipinski definition) is 5. The molecule has 9 heteroatoms. The molecule has 3 rings (SSSR count). The van der Waals surface area contributed by atoms with Gasteiger partial charge in [-0.25, -0.2) is 13.1 Å². The maximum Gasteiger partial charge on any atom is 0.184 e. The number of nitrogens with one attached hydrogen (secondary N) is 1. The maximum absolute atomic E-state index is 14.3. The van der Waals surface area contributed by atoms with E-state index < -0.39 is 22.6 Å². The fraction of sp³-hybridized carbons (Fsp3) is 0.250. The zero-order valence-corrected chi connectivity index (χ0v) is 15.2. The summed E-state index contributed by atoms with van der Waals surface area (Å²) in [6.45, 7) is 1.07. The van der Waals surface area contributed by atoms with Crippen molar-refractivity contribution in [3.63, 3.8) is 0 Å². The Morgan fingerprint density at radius 1 is 1.00 bits per heavy atom.